The van der Waals surface area contributed by atoms with Crippen LogP contribution < -0.4 is 10.2 Å². The highest BCUT2D eigenvalue weighted by Gasteiger charge is 2.26. The maximum atomic E-state index is 12.0. The van der Waals surface area contributed by atoms with Crippen molar-refractivity contribution in [2.75, 3.05) is 49.2 Å². The van der Waals surface area contributed by atoms with Crippen molar-refractivity contribution in [2.24, 2.45) is 0 Å². The quantitative estimate of drug-likeness (QED) is 0.568. The zero-order valence-corrected chi connectivity index (χ0v) is 17.7. The zero-order chi connectivity index (χ0) is 21.2. The third kappa shape index (κ3) is 4.68. The molecule has 2 aromatic carbocycles. The lowest BCUT2D eigenvalue weighted by molar-refractivity contribution is -0.386. The predicted octanol–water partition coefficient (Wildman–Crippen LogP) is 3.19. The van der Waals surface area contributed by atoms with Crippen molar-refractivity contribution in [3.05, 3.63) is 52.1 Å². The van der Waals surface area contributed by atoms with Gasteiger partial charge in [-0.05, 0) is 49.4 Å². The van der Waals surface area contributed by atoms with Crippen LogP contribution in [0.2, 0.25) is 0 Å². The van der Waals surface area contributed by atoms with Crippen molar-refractivity contribution >= 4 is 32.6 Å². The minimum absolute atomic E-state index is 0.158. The second kappa shape index (κ2) is 8.38. The standard InChI is InChI=1S/C20H26N4O4S/c1-4-22-10-12-23(13-11-22)16-8-9-17(15(2)14-16)21-18-6-5-7-19(29(3,27)28)20(18)24(25)26/h5-9,14,21H,4,10-13H2,1-3H3. The molecule has 0 radical (unpaired) electrons. The Bertz CT molecular complexity index is 1020. The van der Waals surface area contributed by atoms with Gasteiger partial charge in [-0.15, -0.1) is 0 Å². The summed E-state index contributed by atoms with van der Waals surface area (Å²) in [5.74, 6) is 0. The van der Waals surface area contributed by atoms with Crippen molar-refractivity contribution in [1.29, 1.82) is 0 Å². The molecule has 1 aliphatic rings. The highest BCUT2D eigenvalue weighted by molar-refractivity contribution is 7.90. The van der Waals surface area contributed by atoms with Crippen LogP contribution in [0.3, 0.4) is 0 Å². The Kier molecular flexibility index (Phi) is 6.09. The maximum absolute atomic E-state index is 12.0. The van der Waals surface area contributed by atoms with E-state index in [0.717, 1.165) is 50.2 Å². The molecule has 1 fully saturated rings. The first kappa shape index (κ1) is 21.1. The molecule has 0 amide bonds. The number of sulfone groups is 1. The van der Waals surface area contributed by atoms with Gasteiger partial charge in [-0.1, -0.05) is 13.0 Å². The van der Waals surface area contributed by atoms with Crippen LogP contribution in [-0.2, 0) is 9.84 Å². The van der Waals surface area contributed by atoms with E-state index in [1.54, 1.807) is 0 Å². The van der Waals surface area contributed by atoms with Crippen LogP contribution in [0.5, 0.6) is 0 Å². The molecule has 0 saturated carbocycles. The van der Waals surface area contributed by atoms with Crippen LogP contribution in [0.1, 0.15) is 12.5 Å². The van der Waals surface area contributed by atoms with Crippen molar-refractivity contribution in [3.8, 4) is 0 Å². The van der Waals surface area contributed by atoms with E-state index in [9.17, 15) is 18.5 Å². The number of hydrogen-bond acceptors (Lipinski definition) is 7. The fourth-order valence-electron chi connectivity index (χ4n) is 3.56. The van der Waals surface area contributed by atoms with Gasteiger partial charge >= 0.3 is 5.69 Å². The molecule has 29 heavy (non-hydrogen) atoms. The van der Waals surface area contributed by atoms with Crippen LogP contribution in [0, 0.1) is 17.0 Å². The van der Waals surface area contributed by atoms with Gasteiger partial charge in [-0.2, -0.15) is 0 Å². The molecule has 1 heterocycles. The van der Waals surface area contributed by atoms with E-state index in [-0.39, 0.29) is 10.6 Å². The van der Waals surface area contributed by atoms with Gasteiger partial charge in [0.05, 0.1) is 4.92 Å². The summed E-state index contributed by atoms with van der Waals surface area (Å²) < 4.78 is 23.9. The summed E-state index contributed by atoms with van der Waals surface area (Å²) in [5, 5.41) is 14.6. The Morgan fingerprint density at radius 3 is 2.34 bits per heavy atom. The zero-order valence-electron chi connectivity index (χ0n) is 16.9. The smallest absolute Gasteiger partial charge is 0.311 e. The molecule has 0 aliphatic carbocycles. The molecule has 156 valence electrons. The summed E-state index contributed by atoms with van der Waals surface area (Å²) >= 11 is 0. The van der Waals surface area contributed by atoms with Gasteiger partial charge in [-0.25, -0.2) is 8.42 Å². The van der Waals surface area contributed by atoms with E-state index in [2.05, 4.69) is 28.1 Å². The van der Waals surface area contributed by atoms with Crippen molar-refractivity contribution < 1.29 is 13.3 Å². The molecule has 1 N–H and O–H groups in total. The summed E-state index contributed by atoms with van der Waals surface area (Å²) in [6, 6.07) is 10.2. The molecular formula is C20H26N4O4S. The molecule has 9 heteroatoms. The number of anilines is 3. The lowest BCUT2D eigenvalue weighted by atomic mass is 10.1. The highest BCUT2D eigenvalue weighted by Crippen LogP contribution is 2.35. The second-order valence-electron chi connectivity index (χ2n) is 7.23. The molecule has 0 atom stereocenters. The van der Waals surface area contributed by atoms with Crippen LogP contribution in [0.25, 0.3) is 0 Å². The first-order chi connectivity index (χ1) is 13.7. The summed E-state index contributed by atoms with van der Waals surface area (Å²) in [7, 11) is -3.72. The normalized spacial score (nSPS) is 15.3. The molecular weight excluding hydrogens is 392 g/mol. The van der Waals surface area contributed by atoms with Crippen LogP contribution >= 0.6 is 0 Å². The molecule has 0 unspecified atom stereocenters. The SMILES string of the molecule is CCN1CCN(c2ccc(Nc3cccc(S(C)(=O)=O)c3[N+](=O)[O-])c(C)c2)CC1. The molecule has 1 aliphatic heterocycles. The summed E-state index contributed by atoms with van der Waals surface area (Å²) in [5.41, 5.74) is 2.47. The number of rotatable bonds is 6. The average molecular weight is 419 g/mol. The lowest BCUT2D eigenvalue weighted by Gasteiger charge is -2.35. The average Bonchev–Trinajstić information content (AvgIpc) is 2.68. The minimum Gasteiger partial charge on any atom is -0.369 e. The lowest BCUT2D eigenvalue weighted by Crippen LogP contribution is -2.46. The van der Waals surface area contributed by atoms with Crippen LogP contribution in [0.4, 0.5) is 22.7 Å². The molecule has 8 nitrogen and oxygen atoms in total. The Hall–Kier alpha value is -2.65. The number of benzene rings is 2. The number of aryl methyl sites for hydroxylation is 1. The Labute approximate surface area is 171 Å². The molecule has 0 bridgehead atoms. The number of nitrogens with zero attached hydrogens (tertiary/aromatic N) is 3. The number of nitrogens with one attached hydrogen (secondary N) is 1. The maximum Gasteiger partial charge on any atom is 0.311 e. The Morgan fingerprint density at radius 1 is 1.10 bits per heavy atom. The van der Waals surface area contributed by atoms with Crippen LogP contribution in [-0.4, -0.2) is 57.2 Å². The van der Waals surface area contributed by atoms with Gasteiger partial charge in [0.2, 0.25) is 0 Å². The van der Waals surface area contributed by atoms with Gasteiger partial charge in [0.15, 0.2) is 9.84 Å². The number of likely N-dealkylation sites (N-methyl/N-ethyl adjacent to an activating group) is 1. The van der Waals surface area contributed by atoms with Crippen LogP contribution in [0.15, 0.2) is 41.3 Å². The van der Waals surface area contributed by atoms with Gasteiger partial charge in [-0.3, -0.25) is 10.1 Å². The Morgan fingerprint density at radius 2 is 1.79 bits per heavy atom. The van der Waals surface area contributed by atoms with Gasteiger partial charge in [0.1, 0.15) is 10.6 Å². The fraction of sp³-hybridized carbons (Fsp3) is 0.400. The summed E-state index contributed by atoms with van der Waals surface area (Å²) in [4.78, 5) is 15.4. The predicted molar refractivity (Wildman–Crippen MR) is 115 cm³/mol. The van der Waals surface area contributed by atoms with Gasteiger partial charge < -0.3 is 15.1 Å². The number of nitro groups is 1. The van der Waals surface area contributed by atoms with E-state index >= 15 is 0 Å². The largest absolute Gasteiger partial charge is 0.369 e. The van der Waals surface area contributed by atoms with E-state index in [1.165, 1.54) is 18.2 Å². The van der Waals surface area contributed by atoms with Gasteiger partial charge in [0, 0.05) is 43.8 Å². The molecule has 1 saturated heterocycles. The van der Waals surface area contributed by atoms with E-state index in [1.807, 2.05) is 19.1 Å². The van der Waals surface area contributed by atoms with E-state index < -0.39 is 20.4 Å². The van der Waals surface area contributed by atoms with Crippen molar-refractivity contribution in [1.82, 2.24) is 4.90 Å². The fourth-order valence-corrected chi connectivity index (χ4v) is 4.42. The molecule has 0 aromatic heterocycles. The number of para-hydroxylation sites is 1. The molecule has 2 aromatic rings. The first-order valence-electron chi connectivity index (χ1n) is 9.53. The van der Waals surface area contributed by atoms with Crippen molar-refractivity contribution in [2.45, 2.75) is 18.7 Å². The van der Waals surface area contributed by atoms with Crippen molar-refractivity contribution in [3.63, 3.8) is 0 Å². The Balaban J connectivity index is 1.87. The topological polar surface area (TPSA) is 95.8 Å². The number of hydrogen-bond donors (Lipinski definition) is 1. The van der Waals surface area contributed by atoms with Gasteiger partial charge in [0.25, 0.3) is 0 Å². The van der Waals surface area contributed by atoms with E-state index in [4.69, 9.17) is 0 Å². The van der Waals surface area contributed by atoms with E-state index in [0.29, 0.717) is 5.69 Å². The summed E-state index contributed by atoms with van der Waals surface area (Å²) in [6.45, 7) is 9.13. The first-order valence-corrected chi connectivity index (χ1v) is 11.4. The molecule has 0 spiro atoms. The second-order valence-corrected chi connectivity index (χ2v) is 9.21. The minimum atomic E-state index is -3.72. The molecule has 3 rings (SSSR count). The highest BCUT2D eigenvalue weighted by atomic mass is 32.2. The monoisotopic (exact) mass is 418 g/mol. The number of nitro benzene ring substituents is 1. The number of piperazine rings is 1. The summed E-state index contributed by atoms with van der Waals surface area (Å²) in [6.07, 6.45) is 0.970. The third-order valence-corrected chi connectivity index (χ3v) is 6.37. The third-order valence-electron chi connectivity index (χ3n) is 5.25.